The molecule has 0 bridgehead atoms. The number of rotatable bonds is 5. The molecule has 1 heterocycles. The van der Waals surface area contributed by atoms with Crippen LogP contribution < -0.4 is 5.32 Å². The minimum atomic E-state index is -0.317. The van der Waals surface area contributed by atoms with Crippen LogP contribution in [0.5, 0.6) is 0 Å². The lowest BCUT2D eigenvalue weighted by Crippen LogP contribution is -2.36. The molecule has 5 nitrogen and oxygen atoms in total. The van der Waals surface area contributed by atoms with E-state index in [1.807, 2.05) is 24.3 Å². The molecule has 0 aliphatic heterocycles. The smallest absolute Gasteiger partial charge is 0.230 e. The maximum Gasteiger partial charge on any atom is 0.230 e. The minimum absolute atomic E-state index is 0.110. The topological polar surface area (TPSA) is 70.7 Å². The number of aromatic nitrogens is 3. The van der Waals surface area contributed by atoms with Crippen molar-refractivity contribution in [2.75, 3.05) is 6.54 Å². The molecular weight excluding hydrogens is 320 g/mol. The molecule has 20 heavy (non-hydrogen) atoms. The van der Waals surface area contributed by atoms with Crippen LogP contribution in [0.15, 0.2) is 35.1 Å². The largest absolute Gasteiger partial charge is 0.355 e. The summed E-state index contributed by atoms with van der Waals surface area (Å²) in [6, 6.07) is 8.01. The summed E-state index contributed by atoms with van der Waals surface area (Å²) in [7, 11) is 0. The van der Waals surface area contributed by atoms with Crippen molar-refractivity contribution in [3.63, 3.8) is 0 Å². The summed E-state index contributed by atoms with van der Waals surface area (Å²) < 4.78 is 1.03. The van der Waals surface area contributed by atoms with Crippen LogP contribution in [-0.4, -0.2) is 27.6 Å². The van der Waals surface area contributed by atoms with E-state index in [-0.39, 0.29) is 11.3 Å². The molecule has 1 aliphatic carbocycles. The van der Waals surface area contributed by atoms with Crippen molar-refractivity contribution in [1.29, 1.82) is 0 Å². The Morgan fingerprint density at radius 2 is 2.10 bits per heavy atom. The molecule has 3 rings (SSSR count). The van der Waals surface area contributed by atoms with E-state index in [0.29, 0.717) is 13.0 Å². The molecule has 0 saturated heterocycles. The third-order valence-electron chi connectivity index (χ3n) is 3.69. The fraction of sp³-hybridized carbons (Fsp3) is 0.357. The number of halogens is 1. The highest BCUT2D eigenvalue weighted by Gasteiger charge is 2.50. The Labute approximate surface area is 125 Å². The third kappa shape index (κ3) is 2.60. The number of H-pyrrole nitrogens is 1. The lowest BCUT2D eigenvalue weighted by atomic mass is 9.95. The maximum atomic E-state index is 12.4. The summed E-state index contributed by atoms with van der Waals surface area (Å²) in [5.41, 5.74) is 0.778. The molecule has 0 unspecified atom stereocenters. The van der Waals surface area contributed by atoms with Gasteiger partial charge in [-0.1, -0.05) is 28.1 Å². The normalized spacial score (nSPS) is 15.8. The fourth-order valence-electron chi connectivity index (χ4n) is 2.36. The van der Waals surface area contributed by atoms with E-state index in [2.05, 4.69) is 36.4 Å². The second kappa shape index (κ2) is 5.36. The summed E-state index contributed by atoms with van der Waals surface area (Å²) in [5.74, 6) is 0.901. The molecule has 1 amide bonds. The summed E-state index contributed by atoms with van der Waals surface area (Å²) >= 11 is 3.42. The molecule has 6 heteroatoms. The average Bonchev–Trinajstić information content (AvgIpc) is 3.10. The highest BCUT2D eigenvalue weighted by Crippen LogP contribution is 2.48. The molecule has 2 aromatic rings. The van der Waals surface area contributed by atoms with Crippen LogP contribution in [0.3, 0.4) is 0 Å². The molecule has 0 atom stereocenters. The Balaban J connectivity index is 1.60. The monoisotopic (exact) mass is 334 g/mol. The van der Waals surface area contributed by atoms with E-state index in [1.54, 1.807) is 0 Å². The first-order chi connectivity index (χ1) is 9.71. The molecular formula is C14H15BrN4O. The zero-order valence-electron chi connectivity index (χ0n) is 10.9. The maximum absolute atomic E-state index is 12.4. The first-order valence-corrected chi connectivity index (χ1v) is 7.39. The molecule has 2 N–H and O–H groups in total. The molecule has 0 radical (unpaired) electrons. The van der Waals surface area contributed by atoms with Gasteiger partial charge in [-0.3, -0.25) is 9.89 Å². The van der Waals surface area contributed by atoms with Crippen LogP contribution in [0, 0.1) is 0 Å². The van der Waals surface area contributed by atoms with E-state index in [1.165, 1.54) is 6.33 Å². The fourth-order valence-corrected chi connectivity index (χ4v) is 2.62. The number of aromatic amines is 1. The van der Waals surface area contributed by atoms with Gasteiger partial charge in [0.1, 0.15) is 12.2 Å². The quantitative estimate of drug-likeness (QED) is 0.877. The van der Waals surface area contributed by atoms with Gasteiger partial charge in [-0.15, -0.1) is 0 Å². The first kappa shape index (κ1) is 13.3. The summed E-state index contributed by atoms with van der Waals surface area (Å²) in [6.07, 6.45) is 3.98. The second-order valence-corrected chi connectivity index (χ2v) is 5.94. The number of hydrogen-bond acceptors (Lipinski definition) is 3. The van der Waals surface area contributed by atoms with Gasteiger partial charge in [-0.05, 0) is 30.5 Å². The van der Waals surface area contributed by atoms with Crippen LogP contribution >= 0.6 is 15.9 Å². The van der Waals surface area contributed by atoms with Crippen molar-refractivity contribution in [2.45, 2.75) is 24.7 Å². The Bertz CT molecular complexity index is 590. The van der Waals surface area contributed by atoms with E-state index < -0.39 is 0 Å². The number of amides is 1. The van der Waals surface area contributed by atoms with Crippen molar-refractivity contribution >= 4 is 21.8 Å². The molecule has 1 aromatic carbocycles. The van der Waals surface area contributed by atoms with Crippen molar-refractivity contribution in [3.05, 3.63) is 46.5 Å². The van der Waals surface area contributed by atoms with Gasteiger partial charge < -0.3 is 5.32 Å². The summed E-state index contributed by atoms with van der Waals surface area (Å²) in [4.78, 5) is 16.4. The highest BCUT2D eigenvalue weighted by atomic mass is 79.9. The zero-order chi connectivity index (χ0) is 14.0. The molecule has 0 spiro atoms. The molecule has 1 aliphatic rings. The lowest BCUT2D eigenvalue weighted by molar-refractivity contribution is -0.123. The standard InChI is InChI=1S/C14H15BrN4O/c15-11-3-1-10(2-4-11)14(6-7-14)13(20)16-8-5-12-17-9-18-19-12/h1-4,9H,5-8H2,(H,16,20)(H,17,18,19). The van der Waals surface area contributed by atoms with Gasteiger partial charge in [-0.2, -0.15) is 5.10 Å². The Morgan fingerprint density at radius 3 is 2.70 bits per heavy atom. The van der Waals surface area contributed by atoms with Crippen LogP contribution in [0.25, 0.3) is 0 Å². The van der Waals surface area contributed by atoms with E-state index in [4.69, 9.17) is 0 Å². The van der Waals surface area contributed by atoms with Crippen molar-refractivity contribution in [3.8, 4) is 0 Å². The minimum Gasteiger partial charge on any atom is -0.355 e. The summed E-state index contributed by atoms with van der Waals surface area (Å²) in [6.45, 7) is 0.576. The predicted octanol–water partition coefficient (Wildman–Crippen LogP) is 1.96. The molecule has 104 valence electrons. The van der Waals surface area contributed by atoms with Gasteiger partial charge >= 0.3 is 0 Å². The lowest BCUT2D eigenvalue weighted by Gasteiger charge is -2.15. The van der Waals surface area contributed by atoms with Crippen LogP contribution in [-0.2, 0) is 16.6 Å². The Hall–Kier alpha value is -1.69. The second-order valence-electron chi connectivity index (χ2n) is 5.03. The van der Waals surface area contributed by atoms with E-state index in [0.717, 1.165) is 28.7 Å². The SMILES string of the molecule is O=C(NCCc1ncn[nH]1)C1(c2ccc(Br)cc2)CC1. The van der Waals surface area contributed by atoms with Crippen molar-refractivity contribution in [1.82, 2.24) is 20.5 Å². The van der Waals surface area contributed by atoms with Crippen molar-refractivity contribution in [2.24, 2.45) is 0 Å². The summed E-state index contributed by atoms with van der Waals surface area (Å²) in [5, 5.41) is 9.57. The van der Waals surface area contributed by atoms with Gasteiger partial charge in [0, 0.05) is 17.4 Å². The molecule has 1 fully saturated rings. The van der Waals surface area contributed by atoms with Gasteiger partial charge in [0.05, 0.1) is 5.41 Å². The number of hydrogen-bond donors (Lipinski definition) is 2. The van der Waals surface area contributed by atoms with Crippen LogP contribution in [0.2, 0.25) is 0 Å². The van der Waals surface area contributed by atoms with Crippen LogP contribution in [0.4, 0.5) is 0 Å². The van der Waals surface area contributed by atoms with Gasteiger partial charge in [0.25, 0.3) is 0 Å². The predicted molar refractivity (Wildman–Crippen MR) is 78.2 cm³/mol. The van der Waals surface area contributed by atoms with Crippen LogP contribution in [0.1, 0.15) is 24.2 Å². The van der Waals surface area contributed by atoms with E-state index in [9.17, 15) is 4.79 Å². The number of nitrogens with zero attached hydrogens (tertiary/aromatic N) is 2. The number of carbonyl (C=O) groups excluding carboxylic acids is 1. The van der Waals surface area contributed by atoms with E-state index >= 15 is 0 Å². The number of nitrogens with one attached hydrogen (secondary N) is 2. The Morgan fingerprint density at radius 1 is 1.35 bits per heavy atom. The highest BCUT2D eigenvalue weighted by molar-refractivity contribution is 9.10. The zero-order valence-corrected chi connectivity index (χ0v) is 12.5. The first-order valence-electron chi connectivity index (χ1n) is 6.59. The average molecular weight is 335 g/mol. The Kier molecular flexibility index (Phi) is 3.56. The van der Waals surface area contributed by atoms with Crippen molar-refractivity contribution < 1.29 is 4.79 Å². The number of benzene rings is 1. The molecule has 1 aromatic heterocycles. The number of carbonyl (C=O) groups is 1. The third-order valence-corrected chi connectivity index (χ3v) is 4.22. The van der Waals surface area contributed by atoms with Gasteiger partial charge in [0.2, 0.25) is 5.91 Å². The van der Waals surface area contributed by atoms with Gasteiger partial charge in [0.15, 0.2) is 0 Å². The van der Waals surface area contributed by atoms with Gasteiger partial charge in [-0.25, -0.2) is 4.98 Å². The molecule has 1 saturated carbocycles.